The summed E-state index contributed by atoms with van der Waals surface area (Å²) in [4.78, 5) is 2.12. The SMILES string of the molecule is C[C@@H]1CCCN(Cc2ccccc2C(F)(F)F)C1. The maximum absolute atomic E-state index is 12.9. The summed E-state index contributed by atoms with van der Waals surface area (Å²) in [5.74, 6) is 0.580. The molecule has 0 unspecified atom stereocenters. The summed E-state index contributed by atoms with van der Waals surface area (Å²) in [6, 6.07) is 5.88. The topological polar surface area (TPSA) is 3.24 Å². The summed E-state index contributed by atoms with van der Waals surface area (Å²) in [6.07, 6.45) is -2.00. The van der Waals surface area contributed by atoms with E-state index in [-0.39, 0.29) is 0 Å². The van der Waals surface area contributed by atoms with Crippen molar-refractivity contribution < 1.29 is 13.2 Å². The van der Waals surface area contributed by atoms with Crippen LogP contribution in [0.3, 0.4) is 0 Å². The maximum Gasteiger partial charge on any atom is 0.416 e. The minimum atomic E-state index is -4.25. The fourth-order valence-corrected chi connectivity index (χ4v) is 2.61. The monoisotopic (exact) mass is 257 g/mol. The number of halogens is 3. The van der Waals surface area contributed by atoms with Crippen LogP contribution in [0, 0.1) is 5.92 Å². The molecule has 2 rings (SSSR count). The van der Waals surface area contributed by atoms with Crippen LogP contribution in [-0.2, 0) is 12.7 Å². The maximum atomic E-state index is 12.9. The van der Waals surface area contributed by atoms with E-state index in [2.05, 4.69) is 11.8 Å². The van der Waals surface area contributed by atoms with E-state index in [0.29, 0.717) is 18.0 Å². The zero-order chi connectivity index (χ0) is 13.2. The van der Waals surface area contributed by atoms with E-state index in [9.17, 15) is 13.2 Å². The Labute approximate surface area is 106 Å². The van der Waals surface area contributed by atoms with Gasteiger partial charge in [-0.2, -0.15) is 13.2 Å². The van der Waals surface area contributed by atoms with Crippen molar-refractivity contribution in [2.45, 2.75) is 32.5 Å². The molecule has 1 nitrogen and oxygen atoms in total. The number of hydrogen-bond acceptors (Lipinski definition) is 1. The minimum absolute atomic E-state index is 0.388. The molecule has 0 radical (unpaired) electrons. The van der Waals surface area contributed by atoms with Crippen LogP contribution in [0.2, 0.25) is 0 Å². The van der Waals surface area contributed by atoms with Gasteiger partial charge in [-0.3, -0.25) is 4.90 Å². The number of nitrogens with zero attached hydrogens (tertiary/aromatic N) is 1. The summed E-state index contributed by atoms with van der Waals surface area (Å²) in [5, 5.41) is 0. The lowest BCUT2D eigenvalue weighted by molar-refractivity contribution is -0.138. The molecule has 4 heteroatoms. The summed E-state index contributed by atoms with van der Waals surface area (Å²) < 4.78 is 38.6. The van der Waals surface area contributed by atoms with Crippen molar-refractivity contribution in [1.82, 2.24) is 4.90 Å². The first kappa shape index (κ1) is 13.4. The molecule has 0 N–H and O–H groups in total. The molecule has 1 saturated heterocycles. The van der Waals surface area contributed by atoms with Gasteiger partial charge in [0.25, 0.3) is 0 Å². The molecule has 0 amide bonds. The van der Waals surface area contributed by atoms with E-state index in [0.717, 1.165) is 19.5 Å². The predicted molar refractivity (Wildman–Crippen MR) is 65.1 cm³/mol. The van der Waals surface area contributed by atoms with E-state index in [1.54, 1.807) is 12.1 Å². The highest BCUT2D eigenvalue weighted by atomic mass is 19.4. The second-order valence-corrected chi connectivity index (χ2v) is 5.14. The van der Waals surface area contributed by atoms with Gasteiger partial charge in [-0.05, 0) is 36.9 Å². The van der Waals surface area contributed by atoms with Crippen molar-refractivity contribution in [1.29, 1.82) is 0 Å². The molecule has 1 fully saturated rings. The van der Waals surface area contributed by atoms with Gasteiger partial charge in [0.2, 0.25) is 0 Å². The van der Waals surface area contributed by atoms with Crippen LogP contribution in [-0.4, -0.2) is 18.0 Å². The normalized spacial score (nSPS) is 22.1. The third kappa shape index (κ3) is 3.25. The highest BCUT2D eigenvalue weighted by Crippen LogP contribution is 2.32. The Morgan fingerprint density at radius 2 is 2.00 bits per heavy atom. The predicted octanol–water partition coefficient (Wildman–Crippen LogP) is 3.94. The lowest BCUT2D eigenvalue weighted by Gasteiger charge is -2.31. The zero-order valence-electron chi connectivity index (χ0n) is 10.5. The molecule has 1 atom stereocenters. The Balaban J connectivity index is 2.13. The third-order valence-electron chi connectivity index (χ3n) is 3.46. The van der Waals surface area contributed by atoms with Gasteiger partial charge in [-0.1, -0.05) is 25.1 Å². The molecule has 0 spiro atoms. The van der Waals surface area contributed by atoms with Gasteiger partial charge in [0, 0.05) is 13.1 Å². The molecule has 0 saturated carbocycles. The van der Waals surface area contributed by atoms with Gasteiger partial charge >= 0.3 is 6.18 Å². The first-order valence-electron chi connectivity index (χ1n) is 6.34. The number of rotatable bonds is 2. The van der Waals surface area contributed by atoms with Crippen molar-refractivity contribution >= 4 is 0 Å². The van der Waals surface area contributed by atoms with Crippen molar-refractivity contribution in [2.24, 2.45) is 5.92 Å². The Bertz CT molecular complexity index is 400. The Kier molecular flexibility index (Phi) is 3.95. The smallest absolute Gasteiger partial charge is 0.299 e. The van der Waals surface area contributed by atoms with E-state index < -0.39 is 11.7 Å². The minimum Gasteiger partial charge on any atom is -0.299 e. The second kappa shape index (κ2) is 5.31. The van der Waals surface area contributed by atoms with Crippen LogP contribution in [0.25, 0.3) is 0 Å². The summed E-state index contributed by atoms with van der Waals surface area (Å²) in [6.45, 7) is 4.35. The molecular formula is C14H18F3N. The van der Waals surface area contributed by atoms with Crippen LogP contribution in [0.4, 0.5) is 13.2 Å². The molecule has 1 aromatic rings. The van der Waals surface area contributed by atoms with Gasteiger partial charge in [0.1, 0.15) is 0 Å². The average molecular weight is 257 g/mol. The molecule has 1 heterocycles. The number of likely N-dealkylation sites (tertiary alicyclic amines) is 1. The van der Waals surface area contributed by atoms with Gasteiger partial charge in [0.05, 0.1) is 5.56 Å². The molecule has 1 aromatic carbocycles. The third-order valence-corrected chi connectivity index (χ3v) is 3.46. The van der Waals surface area contributed by atoms with Crippen molar-refractivity contribution in [2.75, 3.05) is 13.1 Å². The van der Waals surface area contributed by atoms with Gasteiger partial charge < -0.3 is 0 Å². The summed E-state index contributed by atoms with van der Waals surface area (Å²) in [7, 11) is 0. The average Bonchev–Trinajstić information content (AvgIpc) is 2.28. The van der Waals surface area contributed by atoms with Crippen LogP contribution in [0.5, 0.6) is 0 Å². The Hall–Kier alpha value is -1.03. The van der Waals surface area contributed by atoms with Gasteiger partial charge in [-0.15, -0.1) is 0 Å². The zero-order valence-corrected chi connectivity index (χ0v) is 10.5. The summed E-state index contributed by atoms with van der Waals surface area (Å²) in [5.41, 5.74) is -0.109. The number of hydrogen-bond donors (Lipinski definition) is 0. The fraction of sp³-hybridized carbons (Fsp3) is 0.571. The Morgan fingerprint density at radius 1 is 1.28 bits per heavy atom. The molecule has 0 aromatic heterocycles. The summed E-state index contributed by atoms with van der Waals surface area (Å²) >= 11 is 0. The molecule has 1 aliphatic rings. The van der Waals surface area contributed by atoms with Crippen LogP contribution in [0.1, 0.15) is 30.9 Å². The van der Waals surface area contributed by atoms with Crippen molar-refractivity contribution in [3.05, 3.63) is 35.4 Å². The fourth-order valence-electron chi connectivity index (χ4n) is 2.61. The first-order chi connectivity index (χ1) is 8.47. The van der Waals surface area contributed by atoms with Crippen molar-refractivity contribution in [3.8, 4) is 0 Å². The van der Waals surface area contributed by atoms with Crippen molar-refractivity contribution in [3.63, 3.8) is 0 Å². The van der Waals surface area contributed by atoms with E-state index >= 15 is 0 Å². The molecule has 18 heavy (non-hydrogen) atoms. The standard InChI is InChI=1S/C14H18F3N/c1-11-5-4-8-18(9-11)10-12-6-2-3-7-13(12)14(15,16)17/h2-3,6-7,11H,4-5,8-10H2,1H3/t11-/m1/s1. The van der Waals surface area contributed by atoms with E-state index in [1.165, 1.54) is 18.6 Å². The largest absolute Gasteiger partial charge is 0.416 e. The first-order valence-corrected chi connectivity index (χ1v) is 6.34. The molecule has 0 bridgehead atoms. The van der Waals surface area contributed by atoms with Gasteiger partial charge in [0.15, 0.2) is 0 Å². The van der Waals surface area contributed by atoms with Gasteiger partial charge in [-0.25, -0.2) is 0 Å². The molecule has 0 aliphatic carbocycles. The number of piperidine rings is 1. The molecular weight excluding hydrogens is 239 g/mol. The molecule has 100 valence electrons. The number of alkyl halides is 3. The Morgan fingerprint density at radius 3 is 2.67 bits per heavy atom. The molecule has 1 aliphatic heterocycles. The number of benzene rings is 1. The van der Waals surface area contributed by atoms with Crippen LogP contribution >= 0.6 is 0 Å². The second-order valence-electron chi connectivity index (χ2n) is 5.14. The van der Waals surface area contributed by atoms with Crippen LogP contribution in [0.15, 0.2) is 24.3 Å². The van der Waals surface area contributed by atoms with E-state index in [4.69, 9.17) is 0 Å². The lowest BCUT2D eigenvalue weighted by Crippen LogP contribution is -2.34. The highest BCUT2D eigenvalue weighted by molar-refractivity contribution is 5.29. The quantitative estimate of drug-likeness (QED) is 0.775. The van der Waals surface area contributed by atoms with E-state index in [1.807, 2.05) is 0 Å². The lowest BCUT2D eigenvalue weighted by atomic mass is 9.99. The highest BCUT2D eigenvalue weighted by Gasteiger charge is 2.33. The van der Waals surface area contributed by atoms with Crippen LogP contribution < -0.4 is 0 Å².